The van der Waals surface area contributed by atoms with Crippen LogP contribution in [-0.2, 0) is 18.4 Å². The Morgan fingerprint density at radius 1 is 0.523 bits per heavy atom. The van der Waals surface area contributed by atoms with Crippen LogP contribution in [0.15, 0.2) is 36.5 Å². The van der Waals surface area contributed by atoms with E-state index in [1.807, 2.05) is 27.2 Å². The Morgan fingerprint density at radius 2 is 0.862 bits per heavy atom. The van der Waals surface area contributed by atoms with Gasteiger partial charge in [0.15, 0.2) is 0 Å². The molecule has 65 heavy (non-hydrogen) atoms. The molecule has 0 aromatic rings. The van der Waals surface area contributed by atoms with Crippen molar-refractivity contribution in [1.82, 2.24) is 5.32 Å². The molecular formula is C56H109N2O6P. The average molecular weight is 937 g/mol. The molecule has 0 saturated heterocycles. The van der Waals surface area contributed by atoms with Gasteiger partial charge in [0.1, 0.15) is 13.2 Å². The second kappa shape index (κ2) is 47.8. The van der Waals surface area contributed by atoms with Crippen LogP contribution in [0.2, 0.25) is 0 Å². The Morgan fingerprint density at radius 3 is 1.25 bits per heavy atom. The summed E-state index contributed by atoms with van der Waals surface area (Å²) in [5.74, 6) is -0.209. The van der Waals surface area contributed by atoms with E-state index in [0.29, 0.717) is 17.4 Å². The number of nitrogens with one attached hydrogen (secondary N) is 1. The van der Waals surface area contributed by atoms with Crippen molar-refractivity contribution in [2.75, 3.05) is 40.9 Å². The molecular weight excluding hydrogens is 828 g/mol. The van der Waals surface area contributed by atoms with Gasteiger partial charge in [-0.15, -0.1) is 0 Å². The van der Waals surface area contributed by atoms with Crippen molar-refractivity contribution in [3.05, 3.63) is 36.5 Å². The Bertz CT molecular complexity index is 1150. The fourth-order valence-corrected chi connectivity index (χ4v) is 8.91. The van der Waals surface area contributed by atoms with E-state index in [-0.39, 0.29) is 12.5 Å². The van der Waals surface area contributed by atoms with Gasteiger partial charge in [0.25, 0.3) is 7.82 Å². The van der Waals surface area contributed by atoms with Crippen molar-refractivity contribution in [2.45, 2.75) is 276 Å². The summed E-state index contributed by atoms with van der Waals surface area (Å²) in [7, 11) is 1.24. The number of nitrogens with zero attached hydrogens (tertiary/aromatic N) is 1. The third-order valence-corrected chi connectivity index (χ3v) is 13.5. The number of quaternary nitrogens is 1. The molecule has 0 aromatic heterocycles. The number of rotatable bonds is 51. The lowest BCUT2D eigenvalue weighted by Gasteiger charge is -2.29. The maximum Gasteiger partial charge on any atom is 0.268 e. The number of amides is 1. The number of aliphatic hydroxyl groups is 1. The molecule has 8 nitrogen and oxygen atoms in total. The summed E-state index contributed by atoms with van der Waals surface area (Å²) in [6.07, 6.45) is 60.8. The van der Waals surface area contributed by atoms with Crippen LogP contribution in [0.25, 0.3) is 0 Å². The van der Waals surface area contributed by atoms with Gasteiger partial charge in [0, 0.05) is 6.42 Å². The zero-order valence-electron chi connectivity index (χ0n) is 43.7. The highest BCUT2D eigenvalue weighted by atomic mass is 31.2. The van der Waals surface area contributed by atoms with Crippen molar-refractivity contribution in [2.24, 2.45) is 0 Å². The summed E-state index contributed by atoms with van der Waals surface area (Å²) < 4.78 is 23.3. The van der Waals surface area contributed by atoms with Gasteiger partial charge in [-0.1, -0.05) is 249 Å². The monoisotopic (exact) mass is 937 g/mol. The molecule has 0 radical (unpaired) electrons. The first-order valence-electron chi connectivity index (χ1n) is 27.9. The van der Waals surface area contributed by atoms with Crippen LogP contribution in [0.5, 0.6) is 0 Å². The molecule has 0 saturated carbocycles. The van der Waals surface area contributed by atoms with E-state index in [2.05, 4.69) is 43.5 Å². The highest BCUT2D eigenvalue weighted by molar-refractivity contribution is 7.45. The molecule has 3 unspecified atom stereocenters. The number of allylic oxidation sites excluding steroid dienone is 5. The van der Waals surface area contributed by atoms with E-state index < -0.39 is 26.6 Å². The SMILES string of the molecule is CCCCCCCCCCCCCCCCCCCC/C=C/CC/C=C/CC/C=C/C(O)C(COP(=O)([O-])OCC[N+](C)(C)C)NC(=O)CCCCCCCCCCCCCCCCC. The number of carbonyl (C=O) groups excluding carboxylic acids is 1. The molecule has 0 spiro atoms. The second-order valence-electron chi connectivity index (χ2n) is 20.3. The normalized spacial score (nSPS) is 14.3. The third kappa shape index (κ3) is 50.4. The maximum atomic E-state index is 12.9. The first-order chi connectivity index (χ1) is 31.5. The lowest BCUT2D eigenvalue weighted by molar-refractivity contribution is -0.870. The van der Waals surface area contributed by atoms with E-state index in [9.17, 15) is 19.4 Å². The van der Waals surface area contributed by atoms with Crippen LogP contribution >= 0.6 is 7.82 Å². The zero-order chi connectivity index (χ0) is 47.8. The number of phosphoric ester groups is 1. The molecule has 0 fully saturated rings. The lowest BCUT2D eigenvalue weighted by atomic mass is 10.0. The van der Waals surface area contributed by atoms with E-state index >= 15 is 0 Å². The second-order valence-corrected chi connectivity index (χ2v) is 21.7. The van der Waals surface area contributed by atoms with E-state index in [0.717, 1.165) is 44.9 Å². The van der Waals surface area contributed by atoms with Crippen LogP contribution in [0.3, 0.4) is 0 Å². The molecule has 0 aliphatic heterocycles. The molecule has 0 aliphatic carbocycles. The molecule has 9 heteroatoms. The predicted octanol–water partition coefficient (Wildman–Crippen LogP) is 16.0. The Kier molecular flexibility index (Phi) is 46.8. The molecule has 3 atom stereocenters. The molecule has 0 heterocycles. The van der Waals surface area contributed by atoms with E-state index in [1.165, 1.54) is 199 Å². The summed E-state index contributed by atoms with van der Waals surface area (Å²) >= 11 is 0. The van der Waals surface area contributed by atoms with Crippen molar-refractivity contribution in [3.8, 4) is 0 Å². The quantitative estimate of drug-likeness (QED) is 0.0272. The van der Waals surface area contributed by atoms with E-state index in [4.69, 9.17) is 9.05 Å². The standard InChI is InChI=1S/C56H109N2O6P/c1-6-8-10-12-14-16-18-20-22-23-24-25-26-27-28-29-30-31-32-33-34-36-37-39-41-43-45-47-49-55(59)54(53-64-65(61,62)63-52-51-58(3,4)5)57-56(60)50-48-46-44-42-40-38-35-21-19-17-15-13-11-9-7-2/h33-34,39,41,47,49,54-55,59H,6-32,35-38,40,42-46,48,50-53H2,1-5H3,(H-,57,60,61,62)/b34-33+,41-39+,49-47+. The van der Waals surface area contributed by atoms with Crippen LogP contribution in [-0.4, -0.2) is 68.5 Å². The smallest absolute Gasteiger partial charge is 0.268 e. The Labute approximate surface area is 404 Å². The highest BCUT2D eigenvalue weighted by Crippen LogP contribution is 2.38. The van der Waals surface area contributed by atoms with Crippen molar-refractivity contribution in [1.29, 1.82) is 0 Å². The van der Waals surface area contributed by atoms with Crippen LogP contribution in [0.1, 0.15) is 264 Å². The number of hydrogen-bond acceptors (Lipinski definition) is 6. The third-order valence-electron chi connectivity index (χ3n) is 12.6. The number of hydrogen-bond donors (Lipinski definition) is 2. The Balaban J connectivity index is 4.25. The molecule has 0 aromatic carbocycles. The highest BCUT2D eigenvalue weighted by Gasteiger charge is 2.23. The fourth-order valence-electron chi connectivity index (χ4n) is 8.19. The average Bonchev–Trinajstić information content (AvgIpc) is 3.26. The van der Waals surface area contributed by atoms with Gasteiger partial charge < -0.3 is 28.8 Å². The fraction of sp³-hybridized carbons (Fsp3) is 0.875. The number of carbonyl (C=O) groups is 1. The predicted molar refractivity (Wildman–Crippen MR) is 279 cm³/mol. The lowest BCUT2D eigenvalue weighted by Crippen LogP contribution is -2.45. The van der Waals surface area contributed by atoms with Gasteiger partial charge in [-0.05, 0) is 44.9 Å². The van der Waals surface area contributed by atoms with Crippen molar-refractivity contribution < 1.29 is 32.9 Å². The molecule has 1 amide bonds. The summed E-state index contributed by atoms with van der Waals surface area (Å²) in [6, 6.07) is -0.907. The summed E-state index contributed by atoms with van der Waals surface area (Å²) in [4.78, 5) is 25.4. The van der Waals surface area contributed by atoms with Crippen LogP contribution < -0.4 is 10.2 Å². The van der Waals surface area contributed by atoms with Gasteiger partial charge in [-0.3, -0.25) is 9.36 Å². The minimum absolute atomic E-state index is 0.00755. The minimum atomic E-state index is -4.60. The number of aliphatic hydroxyl groups excluding tert-OH is 1. The summed E-state index contributed by atoms with van der Waals surface area (Å²) in [6.45, 7) is 4.65. The summed E-state index contributed by atoms with van der Waals surface area (Å²) in [5.41, 5.74) is 0. The van der Waals surface area contributed by atoms with Gasteiger partial charge in [0.2, 0.25) is 5.91 Å². The van der Waals surface area contributed by atoms with Gasteiger partial charge in [-0.25, -0.2) is 0 Å². The number of unbranched alkanes of at least 4 members (excludes halogenated alkanes) is 34. The Hall–Kier alpha value is -1.28. The molecule has 2 N–H and O–H groups in total. The zero-order valence-corrected chi connectivity index (χ0v) is 44.6. The van der Waals surface area contributed by atoms with Crippen LogP contribution in [0.4, 0.5) is 0 Å². The number of phosphoric acid groups is 1. The van der Waals surface area contributed by atoms with Gasteiger partial charge >= 0.3 is 0 Å². The van der Waals surface area contributed by atoms with Crippen molar-refractivity contribution in [3.63, 3.8) is 0 Å². The van der Waals surface area contributed by atoms with Crippen molar-refractivity contribution >= 4 is 13.7 Å². The van der Waals surface area contributed by atoms with Gasteiger partial charge in [0.05, 0.1) is 39.9 Å². The van der Waals surface area contributed by atoms with Gasteiger partial charge in [-0.2, -0.15) is 0 Å². The molecule has 0 aliphatic rings. The summed E-state index contributed by atoms with van der Waals surface area (Å²) in [5, 5.41) is 13.8. The topological polar surface area (TPSA) is 108 Å². The molecule has 0 bridgehead atoms. The minimum Gasteiger partial charge on any atom is -0.756 e. The van der Waals surface area contributed by atoms with E-state index in [1.54, 1.807) is 6.08 Å². The largest absolute Gasteiger partial charge is 0.756 e. The number of likely N-dealkylation sites (N-methyl/N-ethyl adjacent to an activating group) is 1. The first kappa shape index (κ1) is 63.7. The van der Waals surface area contributed by atoms with Crippen LogP contribution in [0, 0.1) is 0 Å². The molecule has 384 valence electrons. The maximum absolute atomic E-state index is 12.9. The first-order valence-corrected chi connectivity index (χ1v) is 29.3. The molecule has 0 rings (SSSR count).